The van der Waals surface area contributed by atoms with Gasteiger partial charge in [0.25, 0.3) is 16.0 Å². The third-order valence-electron chi connectivity index (χ3n) is 19.1. The largest absolute Gasteiger partial charge is 0.379 e. The minimum absolute atomic E-state index is 0.00167. The quantitative estimate of drug-likeness (QED) is 0.0844. The summed E-state index contributed by atoms with van der Waals surface area (Å²) in [5, 5.41) is 12.0. The van der Waals surface area contributed by atoms with Crippen molar-refractivity contribution in [3.63, 3.8) is 0 Å². The Bertz CT molecular complexity index is 2840. The van der Waals surface area contributed by atoms with Crippen molar-refractivity contribution < 1.29 is 79.7 Å². The third-order valence-corrected chi connectivity index (χ3v) is 19.7. The number of amides is 11. The Hall–Kier alpha value is -6.08. The number of carbonyl (C=O) groups excluding carboxylic acids is 11. The molecule has 4 N–H and O–H groups in total. The number of fused-ring (bicyclic) bond motifs is 1. The molecular weight excluding hydrogens is 1300 g/mol. The summed E-state index contributed by atoms with van der Waals surface area (Å²) in [6.45, 7) is 31.2. The molecule has 14 atom stereocenters. The zero-order valence-corrected chi connectivity index (χ0v) is 64.5. The summed E-state index contributed by atoms with van der Waals surface area (Å²) in [5.41, 5.74) is 0. The standard InChI is InChI=1S/C69H124N12O17S/c1-24-50-65(88)74(17)48(15)64(87)79(22)56(49(16)96-33-28-26-30-80-31-35-95-36-32-80)61(84)73-54(43(8)9)68(91)75(18)51(37-40(2)3)60(83)70-46(13)59(82)71-47(14)63(86)76(19)52(38-41(4)5)66(89)77(20)53(39-42(6)7)67(90)78(21)55(44(10)11)69(92)81-57(62(85)72-50)58(98-81)45(12)29-25-27-34-97-99(23,93)94/h40-58H,24-39H2,1-23H3,(H,70,83)(H,71,82)(H,72,85)(H,73,84)/t45-,46?,47-,48-,49-,50?,51+,52+,53+,54?,55?,56?,57+,58-/m1/s1. The number of nitrogens with one attached hydrogen (secondary N) is 4. The van der Waals surface area contributed by atoms with E-state index in [2.05, 4.69) is 26.2 Å². The van der Waals surface area contributed by atoms with E-state index in [1.165, 1.54) is 82.7 Å². The number of nitrogens with zero attached hydrogens (tertiary/aromatic N) is 8. The lowest BCUT2D eigenvalue weighted by Gasteiger charge is -2.50. The number of morpholine rings is 1. The molecule has 3 fully saturated rings. The Morgan fingerprint density at radius 1 is 0.505 bits per heavy atom. The number of carbonyl (C=O) groups is 11. The number of hydroxylamine groups is 2. The van der Waals surface area contributed by atoms with Crippen LogP contribution in [-0.4, -0.2) is 286 Å². The van der Waals surface area contributed by atoms with Gasteiger partial charge in [-0.3, -0.25) is 66.7 Å². The molecule has 0 spiro atoms. The van der Waals surface area contributed by atoms with Crippen LogP contribution in [0, 0.1) is 35.5 Å². The normalized spacial score (nSPS) is 27.9. The summed E-state index contributed by atoms with van der Waals surface area (Å²) in [5.74, 6) is -9.97. The van der Waals surface area contributed by atoms with Gasteiger partial charge in [0.2, 0.25) is 59.1 Å². The van der Waals surface area contributed by atoms with Crippen molar-refractivity contribution in [2.75, 3.05) is 94.6 Å². The van der Waals surface area contributed by atoms with Crippen molar-refractivity contribution in [3.05, 3.63) is 0 Å². The van der Waals surface area contributed by atoms with E-state index < -0.39 is 172 Å². The first kappa shape index (κ1) is 87.1. The van der Waals surface area contributed by atoms with Gasteiger partial charge in [0.1, 0.15) is 66.5 Å². The lowest BCUT2D eigenvalue weighted by Crippen LogP contribution is -2.72. The number of hydrogen-bond acceptors (Lipinski definition) is 18. The Kier molecular flexibility index (Phi) is 35.2. The molecular formula is C69H124N12O17S. The molecule has 3 rings (SSSR count). The monoisotopic (exact) mass is 1420 g/mol. The minimum Gasteiger partial charge on any atom is -0.379 e. The van der Waals surface area contributed by atoms with Gasteiger partial charge in [-0.25, -0.2) is 5.06 Å². The zero-order valence-electron chi connectivity index (χ0n) is 63.7. The van der Waals surface area contributed by atoms with Gasteiger partial charge in [-0.1, -0.05) is 89.5 Å². The number of ether oxygens (including phenoxy) is 2. The Morgan fingerprint density at radius 2 is 1.01 bits per heavy atom. The molecule has 0 aromatic rings. The summed E-state index contributed by atoms with van der Waals surface area (Å²) in [7, 11) is 4.80. The molecule has 0 radical (unpaired) electrons. The van der Waals surface area contributed by atoms with Crippen LogP contribution in [0.2, 0.25) is 0 Å². The summed E-state index contributed by atoms with van der Waals surface area (Å²) < 4.78 is 40.3. The number of unbranched alkanes of at least 4 members (excludes halogenated alkanes) is 2. The van der Waals surface area contributed by atoms with Crippen LogP contribution in [0.15, 0.2) is 0 Å². The fourth-order valence-electron chi connectivity index (χ4n) is 12.9. The highest BCUT2D eigenvalue weighted by atomic mass is 32.2. The predicted molar refractivity (Wildman–Crippen MR) is 374 cm³/mol. The van der Waals surface area contributed by atoms with Gasteiger partial charge in [0.15, 0.2) is 6.04 Å². The van der Waals surface area contributed by atoms with Crippen molar-refractivity contribution in [2.24, 2.45) is 35.5 Å². The average Bonchev–Trinajstić information content (AvgIpc) is 0.754. The highest BCUT2D eigenvalue weighted by Gasteiger charge is 2.55. The lowest BCUT2D eigenvalue weighted by atomic mass is 9.88. The van der Waals surface area contributed by atoms with Gasteiger partial charge >= 0.3 is 0 Å². The maximum Gasteiger partial charge on any atom is 0.270 e. The van der Waals surface area contributed by atoms with Crippen LogP contribution in [0.25, 0.3) is 0 Å². The summed E-state index contributed by atoms with van der Waals surface area (Å²) in [6.07, 6.45) is 1.85. The number of rotatable bonds is 23. The maximum atomic E-state index is 15.3. The molecule has 5 unspecified atom stereocenters. The van der Waals surface area contributed by atoms with E-state index in [9.17, 15) is 37.2 Å². The SMILES string of the molecule is CCC1NC(=O)[C@@H]2[C@@H]([C@H](C)CCCCOS(C)(=O)=O)ON2C(=O)C(C(C)C)N(C)C(=O)[C@H](CC(C)C)N(C)C(=O)[C@H](CC(C)C)N(C)C(=O)[C@@H](C)NC(=O)C(C)NC(=O)[C@H](CC(C)C)N(C)C(=O)C(C(C)C)NC(=O)C([C@@H](C)OCCCCN2CCOCC2)N(C)C(=O)[C@@H](C)N(C)C1=O. The third kappa shape index (κ3) is 24.9. The Morgan fingerprint density at radius 3 is 1.54 bits per heavy atom. The van der Waals surface area contributed by atoms with E-state index in [4.69, 9.17) is 18.5 Å². The van der Waals surface area contributed by atoms with Crippen LogP contribution in [0.3, 0.4) is 0 Å². The summed E-state index contributed by atoms with van der Waals surface area (Å²) >= 11 is 0. The van der Waals surface area contributed by atoms with E-state index in [-0.39, 0.29) is 56.7 Å². The molecule has 29 nitrogen and oxygen atoms in total. The molecule has 0 aromatic carbocycles. The van der Waals surface area contributed by atoms with Gasteiger partial charge in [-0.05, 0) is 121 Å². The molecule has 0 aromatic heterocycles. The van der Waals surface area contributed by atoms with Crippen molar-refractivity contribution in [2.45, 2.75) is 247 Å². The number of hydrogen-bond donors (Lipinski definition) is 4. The zero-order chi connectivity index (χ0) is 75.4. The van der Waals surface area contributed by atoms with Crippen molar-refractivity contribution >= 4 is 75.1 Å². The second kappa shape index (κ2) is 39.9. The molecule has 3 aliphatic rings. The molecule has 0 bridgehead atoms. The predicted octanol–water partition coefficient (Wildman–Crippen LogP) is 2.63. The number of likely N-dealkylation sites (N-methyl/N-ethyl adjacent to an activating group) is 6. The van der Waals surface area contributed by atoms with Crippen LogP contribution in [0.4, 0.5) is 0 Å². The van der Waals surface area contributed by atoms with Gasteiger partial charge < -0.3 is 60.1 Å². The summed E-state index contributed by atoms with van der Waals surface area (Å²) in [6, 6.07) is -14.0. The maximum absolute atomic E-state index is 15.3. The molecule has 3 aliphatic heterocycles. The van der Waals surface area contributed by atoms with Crippen LogP contribution < -0.4 is 21.3 Å². The van der Waals surface area contributed by atoms with Crippen molar-refractivity contribution in [1.82, 2.24) is 60.6 Å². The molecule has 3 heterocycles. The first-order chi connectivity index (χ1) is 46.0. The van der Waals surface area contributed by atoms with E-state index in [0.717, 1.165) is 47.2 Å². The smallest absolute Gasteiger partial charge is 0.270 e. The van der Waals surface area contributed by atoms with E-state index in [1.807, 2.05) is 41.5 Å². The lowest BCUT2D eigenvalue weighted by molar-refractivity contribution is -0.322. The topological polar surface area (TPSA) is 333 Å². The fourth-order valence-corrected chi connectivity index (χ4v) is 13.3. The van der Waals surface area contributed by atoms with Crippen molar-refractivity contribution in [1.29, 1.82) is 0 Å². The van der Waals surface area contributed by atoms with Crippen LogP contribution in [0.1, 0.15) is 169 Å². The Balaban J connectivity index is 2.29. The summed E-state index contributed by atoms with van der Waals surface area (Å²) in [4.78, 5) is 179. The van der Waals surface area contributed by atoms with E-state index >= 15 is 24.0 Å². The highest BCUT2D eigenvalue weighted by Crippen LogP contribution is 2.34. The minimum atomic E-state index is -3.72. The van der Waals surface area contributed by atoms with Crippen molar-refractivity contribution in [3.8, 4) is 0 Å². The van der Waals surface area contributed by atoms with Gasteiger partial charge in [0, 0.05) is 62.0 Å². The molecule has 3 saturated heterocycles. The molecule has 30 heteroatoms. The first-order valence-electron chi connectivity index (χ1n) is 35.6. The molecule has 0 saturated carbocycles. The fraction of sp³-hybridized carbons (Fsp3) is 0.841. The molecule has 568 valence electrons. The van der Waals surface area contributed by atoms with Gasteiger partial charge in [-0.2, -0.15) is 8.42 Å². The molecule has 99 heavy (non-hydrogen) atoms. The molecule has 0 aliphatic carbocycles. The van der Waals surface area contributed by atoms with Crippen LogP contribution in [0.5, 0.6) is 0 Å². The van der Waals surface area contributed by atoms with Gasteiger partial charge in [0.05, 0.1) is 32.2 Å². The van der Waals surface area contributed by atoms with E-state index in [0.29, 0.717) is 38.9 Å². The first-order valence-corrected chi connectivity index (χ1v) is 37.4. The highest BCUT2D eigenvalue weighted by molar-refractivity contribution is 7.86. The second-order valence-electron chi connectivity index (χ2n) is 29.5. The van der Waals surface area contributed by atoms with Gasteiger partial charge in [-0.15, -0.1) is 0 Å². The average molecular weight is 1430 g/mol. The van der Waals surface area contributed by atoms with E-state index in [1.54, 1.807) is 48.5 Å². The Labute approximate surface area is 590 Å². The van der Waals surface area contributed by atoms with Crippen LogP contribution in [-0.2, 0) is 81.4 Å². The second-order valence-corrected chi connectivity index (χ2v) is 31.2. The van der Waals surface area contributed by atoms with Crippen LogP contribution >= 0.6 is 0 Å². The molecule has 11 amide bonds.